The molecular weight excluding hydrogens is 316 g/mol. The Morgan fingerprint density at radius 1 is 1.13 bits per heavy atom. The first kappa shape index (κ1) is 17.1. The van der Waals surface area contributed by atoms with Gasteiger partial charge in [0, 0.05) is 24.3 Å². The molecule has 7 heteroatoms. The molecule has 0 spiro atoms. The number of carbonyl (C=O) groups excluding carboxylic acids is 1. The second-order valence-corrected chi connectivity index (χ2v) is 5.08. The van der Waals surface area contributed by atoms with Gasteiger partial charge in [-0.1, -0.05) is 0 Å². The van der Waals surface area contributed by atoms with Crippen LogP contribution in [0, 0.1) is 0 Å². The highest BCUT2D eigenvalue weighted by molar-refractivity contribution is 6.03. The first-order chi connectivity index (χ1) is 10.7. The van der Waals surface area contributed by atoms with E-state index in [2.05, 4.69) is 15.2 Å². The Bertz CT molecular complexity index is 640. The van der Waals surface area contributed by atoms with E-state index < -0.39 is 0 Å². The van der Waals surface area contributed by atoms with Crippen LogP contribution >= 0.6 is 12.4 Å². The highest BCUT2D eigenvalue weighted by Gasteiger charge is 2.12. The van der Waals surface area contributed by atoms with Crippen LogP contribution in [-0.2, 0) is 4.74 Å². The van der Waals surface area contributed by atoms with Crippen LogP contribution < -0.4 is 16.0 Å². The molecule has 23 heavy (non-hydrogen) atoms. The van der Waals surface area contributed by atoms with E-state index in [1.165, 1.54) is 0 Å². The summed E-state index contributed by atoms with van der Waals surface area (Å²) in [6, 6.07) is 10.5. The Hall–Kier alpha value is -2.31. The fourth-order valence-corrected chi connectivity index (χ4v) is 2.29. The molecular formula is C16H19ClN4O2. The van der Waals surface area contributed by atoms with Gasteiger partial charge >= 0.3 is 0 Å². The van der Waals surface area contributed by atoms with Crippen molar-refractivity contribution in [2.45, 2.75) is 0 Å². The van der Waals surface area contributed by atoms with Crippen molar-refractivity contribution in [3.05, 3.63) is 48.2 Å². The zero-order valence-electron chi connectivity index (χ0n) is 12.6. The summed E-state index contributed by atoms with van der Waals surface area (Å²) in [7, 11) is 0. The van der Waals surface area contributed by atoms with Crippen molar-refractivity contribution in [1.82, 2.24) is 4.98 Å². The number of hydrogen-bond donors (Lipinski definition) is 2. The lowest BCUT2D eigenvalue weighted by Gasteiger charge is -2.28. The number of nitrogens with two attached hydrogens (primary N) is 1. The monoisotopic (exact) mass is 334 g/mol. The Kier molecular flexibility index (Phi) is 5.78. The number of hydrogen-bond acceptors (Lipinski definition) is 5. The molecule has 0 aliphatic carbocycles. The number of rotatable bonds is 3. The van der Waals surface area contributed by atoms with Crippen LogP contribution in [0.5, 0.6) is 0 Å². The minimum Gasteiger partial charge on any atom is -0.399 e. The fraction of sp³-hybridized carbons (Fsp3) is 0.250. The van der Waals surface area contributed by atoms with Gasteiger partial charge in [-0.15, -0.1) is 12.4 Å². The van der Waals surface area contributed by atoms with E-state index in [0.717, 1.165) is 32.0 Å². The Labute approximate surface area is 141 Å². The van der Waals surface area contributed by atoms with Crippen molar-refractivity contribution in [3.8, 4) is 0 Å². The third-order valence-electron chi connectivity index (χ3n) is 3.54. The number of nitrogens with one attached hydrogen (secondary N) is 1. The van der Waals surface area contributed by atoms with Crippen molar-refractivity contribution in [2.24, 2.45) is 0 Å². The van der Waals surface area contributed by atoms with E-state index >= 15 is 0 Å². The second kappa shape index (κ2) is 7.80. The maximum Gasteiger partial charge on any atom is 0.256 e. The summed E-state index contributed by atoms with van der Waals surface area (Å²) in [5.74, 6) is 0.324. The summed E-state index contributed by atoms with van der Waals surface area (Å²) in [6.45, 7) is 3.18. The Morgan fingerprint density at radius 3 is 2.43 bits per heavy atom. The van der Waals surface area contributed by atoms with E-state index in [0.29, 0.717) is 17.1 Å². The standard InChI is InChI=1S/C16H18N4O2.ClH/c17-13-3-1-12(2-4-13)16(21)19-15-6-5-14(11-18-15)20-7-9-22-10-8-20;/h1-6,11H,7-10,17H2,(H,18,19,21);1H. The Balaban J connectivity index is 0.00000192. The topological polar surface area (TPSA) is 80.5 Å². The largest absolute Gasteiger partial charge is 0.399 e. The van der Waals surface area contributed by atoms with Gasteiger partial charge in [0.2, 0.25) is 0 Å². The zero-order chi connectivity index (χ0) is 15.4. The molecule has 1 fully saturated rings. The summed E-state index contributed by atoms with van der Waals surface area (Å²) >= 11 is 0. The smallest absolute Gasteiger partial charge is 0.256 e. The number of anilines is 3. The highest BCUT2D eigenvalue weighted by Crippen LogP contribution is 2.17. The van der Waals surface area contributed by atoms with Gasteiger partial charge in [-0.3, -0.25) is 4.79 Å². The molecule has 1 amide bonds. The molecule has 0 atom stereocenters. The molecule has 1 aliphatic rings. The van der Waals surface area contributed by atoms with E-state index in [9.17, 15) is 4.79 Å². The third kappa shape index (κ3) is 4.34. The molecule has 0 saturated carbocycles. The molecule has 0 bridgehead atoms. The predicted octanol–water partition coefficient (Wildman–Crippen LogP) is 2.17. The van der Waals surface area contributed by atoms with E-state index in [-0.39, 0.29) is 18.3 Å². The van der Waals surface area contributed by atoms with Crippen molar-refractivity contribution >= 4 is 35.5 Å². The number of carbonyl (C=O) groups is 1. The summed E-state index contributed by atoms with van der Waals surface area (Å²) in [5.41, 5.74) is 7.82. The van der Waals surface area contributed by atoms with Gasteiger partial charge in [0.15, 0.2) is 0 Å². The van der Waals surface area contributed by atoms with Crippen LogP contribution in [-0.4, -0.2) is 37.2 Å². The Morgan fingerprint density at radius 2 is 1.83 bits per heavy atom. The number of morpholine rings is 1. The van der Waals surface area contributed by atoms with Crippen LogP contribution in [0.4, 0.5) is 17.2 Å². The van der Waals surface area contributed by atoms with Gasteiger partial charge in [-0.05, 0) is 36.4 Å². The maximum atomic E-state index is 12.1. The van der Waals surface area contributed by atoms with E-state index in [1.54, 1.807) is 36.5 Å². The molecule has 122 valence electrons. The molecule has 2 aromatic rings. The van der Waals surface area contributed by atoms with Gasteiger partial charge in [-0.2, -0.15) is 0 Å². The number of halogens is 1. The van der Waals surface area contributed by atoms with Crippen LogP contribution in [0.2, 0.25) is 0 Å². The first-order valence-electron chi connectivity index (χ1n) is 7.18. The van der Waals surface area contributed by atoms with Gasteiger partial charge in [0.05, 0.1) is 25.1 Å². The van der Waals surface area contributed by atoms with Crippen LogP contribution in [0.15, 0.2) is 42.6 Å². The maximum absolute atomic E-state index is 12.1. The van der Waals surface area contributed by atoms with Crippen molar-refractivity contribution in [3.63, 3.8) is 0 Å². The molecule has 0 unspecified atom stereocenters. The molecule has 1 aliphatic heterocycles. The SMILES string of the molecule is Cl.Nc1ccc(C(=O)Nc2ccc(N3CCOCC3)cn2)cc1. The average molecular weight is 335 g/mol. The van der Waals surface area contributed by atoms with Gasteiger partial charge < -0.3 is 20.7 Å². The molecule has 3 N–H and O–H groups in total. The molecule has 1 aromatic carbocycles. The molecule has 1 saturated heterocycles. The lowest BCUT2D eigenvalue weighted by Crippen LogP contribution is -2.36. The summed E-state index contributed by atoms with van der Waals surface area (Å²) in [5, 5.41) is 2.77. The molecule has 0 radical (unpaired) electrons. The summed E-state index contributed by atoms with van der Waals surface area (Å²) < 4.78 is 5.33. The first-order valence-corrected chi connectivity index (χ1v) is 7.18. The van der Waals surface area contributed by atoms with Crippen molar-refractivity contribution in [1.29, 1.82) is 0 Å². The van der Waals surface area contributed by atoms with Crippen LogP contribution in [0.25, 0.3) is 0 Å². The second-order valence-electron chi connectivity index (χ2n) is 5.08. The molecule has 2 heterocycles. The predicted molar refractivity (Wildman–Crippen MR) is 93.3 cm³/mol. The van der Waals surface area contributed by atoms with Crippen LogP contribution in [0.1, 0.15) is 10.4 Å². The number of nitrogens with zero attached hydrogens (tertiary/aromatic N) is 2. The fourth-order valence-electron chi connectivity index (χ4n) is 2.29. The number of aromatic nitrogens is 1. The number of amides is 1. The average Bonchev–Trinajstić information content (AvgIpc) is 2.57. The lowest BCUT2D eigenvalue weighted by atomic mass is 10.2. The van der Waals surface area contributed by atoms with Crippen LogP contribution in [0.3, 0.4) is 0 Å². The number of benzene rings is 1. The normalized spacial score (nSPS) is 14.0. The van der Waals surface area contributed by atoms with Gasteiger partial charge in [-0.25, -0.2) is 4.98 Å². The number of ether oxygens (including phenoxy) is 1. The molecule has 6 nitrogen and oxygen atoms in total. The number of pyridine rings is 1. The van der Waals surface area contributed by atoms with E-state index in [1.807, 2.05) is 6.07 Å². The summed E-state index contributed by atoms with van der Waals surface area (Å²) in [6.07, 6.45) is 1.77. The third-order valence-corrected chi connectivity index (χ3v) is 3.54. The van der Waals surface area contributed by atoms with Gasteiger partial charge in [0.1, 0.15) is 5.82 Å². The zero-order valence-corrected chi connectivity index (χ0v) is 13.4. The quantitative estimate of drug-likeness (QED) is 0.841. The molecule has 3 rings (SSSR count). The van der Waals surface area contributed by atoms with E-state index in [4.69, 9.17) is 10.5 Å². The highest BCUT2D eigenvalue weighted by atomic mass is 35.5. The molecule has 1 aromatic heterocycles. The van der Waals surface area contributed by atoms with Crippen molar-refractivity contribution in [2.75, 3.05) is 42.3 Å². The number of nitrogen functional groups attached to an aromatic ring is 1. The minimum absolute atomic E-state index is 0. The van der Waals surface area contributed by atoms with Gasteiger partial charge in [0.25, 0.3) is 5.91 Å². The summed E-state index contributed by atoms with van der Waals surface area (Å²) in [4.78, 5) is 18.6. The lowest BCUT2D eigenvalue weighted by molar-refractivity contribution is 0.102. The van der Waals surface area contributed by atoms with Crippen molar-refractivity contribution < 1.29 is 9.53 Å². The minimum atomic E-state index is -0.202.